The van der Waals surface area contributed by atoms with Crippen molar-refractivity contribution >= 4 is 10.8 Å². The van der Waals surface area contributed by atoms with Crippen molar-refractivity contribution in [1.29, 1.82) is 0 Å². The largest absolute Gasteiger partial charge is 0.0622 e. The van der Waals surface area contributed by atoms with Gasteiger partial charge in [0.2, 0.25) is 0 Å². The van der Waals surface area contributed by atoms with Crippen LogP contribution >= 0.6 is 0 Å². The first-order valence-electron chi connectivity index (χ1n) is 9.43. The van der Waals surface area contributed by atoms with Crippen LogP contribution in [0.4, 0.5) is 0 Å². The van der Waals surface area contributed by atoms with Crippen molar-refractivity contribution in [3.63, 3.8) is 0 Å². The van der Waals surface area contributed by atoms with E-state index in [1.165, 1.54) is 54.9 Å². The van der Waals surface area contributed by atoms with E-state index < -0.39 is 0 Å². The van der Waals surface area contributed by atoms with Crippen molar-refractivity contribution in [2.75, 3.05) is 0 Å². The highest BCUT2D eigenvalue weighted by Gasteiger charge is 2.26. The fourth-order valence-electron chi connectivity index (χ4n) is 4.51. The van der Waals surface area contributed by atoms with Crippen molar-refractivity contribution in [2.45, 2.75) is 44.4 Å². The highest BCUT2D eigenvalue weighted by Crippen LogP contribution is 2.40. The quantitative estimate of drug-likeness (QED) is 0.500. The summed E-state index contributed by atoms with van der Waals surface area (Å²) in [6.07, 6.45) is 8.17. The lowest BCUT2D eigenvalue weighted by Crippen LogP contribution is -2.19. The summed E-state index contributed by atoms with van der Waals surface area (Å²) >= 11 is 0. The van der Waals surface area contributed by atoms with Gasteiger partial charge in [-0.15, -0.1) is 0 Å². The van der Waals surface area contributed by atoms with Crippen molar-refractivity contribution in [3.8, 4) is 0 Å². The Morgan fingerprint density at radius 3 is 2.25 bits per heavy atom. The Labute approximate surface area is 145 Å². The van der Waals surface area contributed by atoms with Crippen molar-refractivity contribution < 1.29 is 0 Å². The van der Waals surface area contributed by atoms with Gasteiger partial charge in [-0.2, -0.15) is 0 Å². The van der Waals surface area contributed by atoms with E-state index in [1.807, 2.05) is 0 Å². The normalized spacial score (nSPS) is 17.0. The molecule has 24 heavy (non-hydrogen) atoms. The number of benzene rings is 3. The van der Waals surface area contributed by atoms with Crippen LogP contribution in [0.15, 0.2) is 72.8 Å². The summed E-state index contributed by atoms with van der Waals surface area (Å²) in [7, 11) is 0. The molecule has 0 nitrogen and oxygen atoms in total. The average molecular weight is 314 g/mol. The third kappa shape index (κ3) is 3.24. The topological polar surface area (TPSA) is 0 Å². The minimum absolute atomic E-state index is 0.638. The number of fused-ring (bicyclic) bond motifs is 1. The molecule has 1 fully saturated rings. The van der Waals surface area contributed by atoms with Crippen LogP contribution in [0.2, 0.25) is 0 Å². The molecule has 0 spiro atoms. The van der Waals surface area contributed by atoms with Gasteiger partial charge < -0.3 is 0 Å². The molecule has 1 saturated carbocycles. The molecule has 0 saturated heterocycles. The maximum atomic E-state index is 2.38. The monoisotopic (exact) mass is 314 g/mol. The second-order valence-corrected chi connectivity index (χ2v) is 7.26. The van der Waals surface area contributed by atoms with E-state index in [4.69, 9.17) is 0 Å². The molecule has 0 heterocycles. The van der Waals surface area contributed by atoms with E-state index in [0.717, 1.165) is 5.92 Å². The van der Waals surface area contributed by atoms with Crippen molar-refractivity contribution in [1.82, 2.24) is 0 Å². The third-order valence-corrected chi connectivity index (χ3v) is 5.74. The maximum absolute atomic E-state index is 2.38. The molecule has 1 aliphatic rings. The van der Waals surface area contributed by atoms with Gasteiger partial charge >= 0.3 is 0 Å². The van der Waals surface area contributed by atoms with E-state index in [2.05, 4.69) is 72.8 Å². The molecule has 3 aromatic rings. The second kappa shape index (κ2) is 7.21. The summed E-state index contributed by atoms with van der Waals surface area (Å²) in [5.41, 5.74) is 3.03. The van der Waals surface area contributed by atoms with Crippen LogP contribution in [-0.2, 0) is 6.42 Å². The van der Waals surface area contributed by atoms with E-state index in [9.17, 15) is 0 Å². The zero-order chi connectivity index (χ0) is 16.2. The van der Waals surface area contributed by atoms with Gasteiger partial charge in [0.1, 0.15) is 0 Å². The summed E-state index contributed by atoms with van der Waals surface area (Å²) < 4.78 is 0. The zero-order valence-electron chi connectivity index (χ0n) is 14.3. The molecule has 1 unspecified atom stereocenters. The molecular weight excluding hydrogens is 288 g/mol. The lowest BCUT2D eigenvalue weighted by Gasteiger charge is -2.31. The van der Waals surface area contributed by atoms with Crippen LogP contribution in [0, 0.1) is 5.92 Å². The van der Waals surface area contributed by atoms with E-state index in [1.54, 1.807) is 5.56 Å². The van der Waals surface area contributed by atoms with Crippen LogP contribution < -0.4 is 0 Å². The third-order valence-electron chi connectivity index (χ3n) is 5.74. The molecular formula is C24H26. The molecule has 0 aliphatic heterocycles. The van der Waals surface area contributed by atoms with Crippen LogP contribution in [0.25, 0.3) is 10.8 Å². The average Bonchev–Trinajstić information content (AvgIpc) is 2.67. The number of rotatable bonds is 4. The first-order chi connectivity index (χ1) is 11.9. The van der Waals surface area contributed by atoms with Crippen LogP contribution in [0.3, 0.4) is 0 Å². The summed E-state index contributed by atoms with van der Waals surface area (Å²) in [4.78, 5) is 0. The van der Waals surface area contributed by atoms with Crippen LogP contribution in [-0.4, -0.2) is 0 Å². The van der Waals surface area contributed by atoms with Gasteiger partial charge in [-0.3, -0.25) is 0 Å². The molecule has 0 aromatic heterocycles. The van der Waals surface area contributed by atoms with Gasteiger partial charge in [0, 0.05) is 0 Å². The Hall–Kier alpha value is -2.08. The molecule has 0 bridgehead atoms. The molecule has 0 heteroatoms. The number of hydrogen-bond donors (Lipinski definition) is 0. The number of hydrogen-bond acceptors (Lipinski definition) is 0. The second-order valence-electron chi connectivity index (χ2n) is 7.26. The molecule has 0 N–H and O–H groups in total. The predicted molar refractivity (Wildman–Crippen MR) is 103 cm³/mol. The Morgan fingerprint density at radius 2 is 1.42 bits per heavy atom. The van der Waals surface area contributed by atoms with Crippen molar-refractivity contribution in [3.05, 3.63) is 83.9 Å². The first-order valence-corrected chi connectivity index (χ1v) is 9.43. The van der Waals surface area contributed by atoms with Gasteiger partial charge in [0.15, 0.2) is 0 Å². The Morgan fingerprint density at radius 1 is 0.708 bits per heavy atom. The zero-order valence-corrected chi connectivity index (χ0v) is 14.3. The smallest absolute Gasteiger partial charge is 0.00870 e. The molecule has 4 rings (SSSR count). The van der Waals surface area contributed by atoms with Crippen LogP contribution in [0.1, 0.15) is 49.1 Å². The molecule has 1 atom stereocenters. The summed E-state index contributed by atoms with van der Waals surface area (Å²) in [6.45, 7) is 0. The van der Waals surface area contributed by atoms with E-state index in [0.29, 0.717) is 5.92 Å². The highest BCUT2D eigenvalue weighted by molar-refractivity contribution is 5.86. The first kappa shape index (κ1) is 15.4. The Kier molecular flexibility index (Phi) is 4.64. The minimum Gasteiger partial charge on any atom is -0.0622 e. The van der Waals surface area contributed by atoms with Gasteiger partial charge in [-0.05, 0) is 53.0 Å². The predicted octanol–water partition coefficient (Wildman–Crippen LogP) is 6.75. The van der Waals surface area contributed by atoms with Crippen molar-refractivity contribution in [2.24, 2.45) is 5.92 Å². The summed E-state index contributed by atoms with van der Waals surface area (Å²) in [5, 5.41) is 2.83. The fourth-order valence-corrected chi connectivity index (χ4v) is 4.51. The van der Waals surface area contributed by atoms with Gasteiger partial charge in [0.05, 0.1) is 0 Å². The maximum Gasteiger partial charge on any atom is -0.00870 e. The fraction of sp³-hybridized carbons (Fsp3) is 0.333. The Balaban J connectivity index is 1.76. The van der Waals surface area contributed by atoms with Crippen LogP contribution in [0.5, 0.6) is 0 Å². The SMILES string of the molecule is c1ccc(CC(c2cccc3ccccc23)C2CCCCC2)cc1. The molecule has 0 radical (unpaired) electrons. The minimum atomic E-state index is 0.638. The standard InChI is InChI=1S/C24H26/c1-3-10-19(11-4-1)18-24(21-12-5-2-6-13-21)23-17-9-15-20-14-7-8-16-22(20)23/h1,3-4,7-11,14-17,21,24H,2,5-6,12-13,18H2. The summed E-state index contributed by atoms with van der Waals surface area (Å²) in [5.74, 6) is 1.46. The Bertz CT molecular complexity index is 776. The molecule has 3 aromatic carbocycles. The lowest BCUT2D eigenvalue weighted by molar-refractivity contribution is 0.303. The van der Waals surface area contributed by atoms with E-state index >= 15 is 0 Å². The van der Waals surface area contributed by atoms with Gasteiger partial charge in [0.25, 0.3) is 0 Å². The van der Waals surface area contributed by atoms with E-state index in [-0.39, 0.29) is 0 Å². The molecule has 1 aliphatic carbocycles. The summed E-state index contributed by atoms with van der Waals surface area (Å²) in [6, 6.07) is 26.8. The lowest BCUT2D eigenvalue weighted by atomic mass is 9.73. The van der Waals surface area contributed by atoms with Gasteiger partial charge in [-0.25, -0.2) is 0 Å². The van der Waals surface area contributed by atoms with Gasteiger partial charge in [-0.1, -0.05) is 92.1 Å². The molecule has 0 amide bonds. The molecule has 122 valence electrons. The highest BCUT2D eigenvalue weighted by atomic mass is 14.3.